The number of esters is 1. The predicted octanol–water partition coefficient (Wildman–Crippen LogP) is 3.25. The number of thioether (sulfide) groups is 1. The van der Waals surface area contributed by atoms with Crippen molar-refractivity contribution in [2.45, 2.75) is 19.8 Å². The molecular formula is C18H21NO5S2. The molecule has 0 spiro atoms. The monoisotopic (exact) mass is 395 g/mol. The summed E-state index contributed by atoms with van der Waals surface area (Å²) in [5.74, 6) is 0.432. The first kappa shape index (κ1) is 20.3. The Morgan fingerprint density at radius 1 is 1.31 bits per heavy atom. The van der Waals surface area contributed by atoms with Crippen LogP contribution in [0.3, 0.4) is 0 Å². The van der Waals surface area contributed by atoms with Crippen LogP contribution >= 0.6 is 24.0 Å². The molecule has 0 atom stereocenters. The first-order valence-corrected chi connectivity index (χ1v) is 9.35. The second-order valence-electron chi connectivity index (χ2n) is 5.46. The lowest BCUT2D eigenvalue weighted by Crippen LogP contribution is -2.33. The van der Waals surface area contributed by atoms with Gasteiger partial charge in [0.2, 0.25) is 0 Å². The third-order valence-electron chi connectivity index (χ3n) is 3.63. The van der Waals surface area contributed by atoms with Gasteiger partial charge in [0.1, 0.15) is 10.9 Å². The lowest BCUT2D eigenvalue weighted by Gasteiger charge is -2.12. The number of carbonyl (C=O) groups is 2. The summed E-state index contributed by atoms with van der Waals surface area (Å²) in [4.78, 5) is 25.5. The zero-order valence-electron chi connectivity index (χ0n) is 14.9. The van der Waals surface area contributed by atoms with Gasteiger partial charge in [-0.3, -0.25) is 14.5 Å². The minimum Gasteiger partial charge on any atom is -0.493 e. The minimum atomic E-state index is -0.516. The van der Waals surface area contributed by atoms with Crippen LogP contribution in [-0.4, -0.2) is 48.5 Å². The van der Waals surface area contributed by atoms with E-state index in [4.69, 9.17) is 21.7 Å². The van der Waals surface area contributed by atoms with E-state index >= 15 is 0 Å². The predicted molar refractivity (Wildman–Crippen MR) is 105 cm³/mol. The number of unbranched alkanes of at least 4 members (excludes halogenated alkanes) is 1. The summed E-state index contributed by atoms with van der Waals surface area (Å²) in [6, 6.07) is 5.46. The Morgan fingerprint density at radius 3 is 2.73 bits per heavy atom. The van der Waals surface area contributed by atoms with Gasteiger partial charge in [0.05, 0.1) is 25.7 Å². The van der Waals surface area contributed by atoms with Gasteiger partial charge in [-0.05, 0) is 30.2 Å². The van der Waals surface area contributed by atoms with Gasteiger partial charge in [-0.1, -0.05) is 43.4 Å². The molecular weight excluding hydrogens is 374 g/mol. The summed E-state index contributed by atoms with van der Waals surface area (Å²) >= 11 is 6.33. The molecule has 26 heavy (non-hydrogen) atoms. The van der Waals surface area contributed by atoms with E-state index < -0.39 is 5.97 Å². The topological polar surface area (TPSA) is 65.1 Å². The van der Waals surface area contributed by atoms with E-state index in [0.717, 1.165) is 30.2 Å². The Labute approximate surface area is 162 Å². The summed E-state index contributed by atoms with van der Waals surface area (Å²) < 4.78 is 16.0. The van der Waals surface area contributed by atoms with E-state index in [1.807, 2.05) is 12.1 Å². The molecule has 1 saturated heterocycles. The van der Waals surface area contributed by atoms with Crippen LogP contribution < -0.4 is 9.47 Å². The van der Waals surface area contributed by atoms with Crippen molar-refractivity contribution < 1.29 is 23.8 Å². The number of hydrogen-bond acceptors (Lipinski definition) is 7. The van der Waals surface area contributed by atoms with Gasteiger partial charge in [-0.2, -0.15) is 0 Å². The number of ether oxygens (including phenoxy) is 3. The Bertz CT molecular complexity index is 732. The zero-order valence-corrected chi connectivity index (χ0v) is 16.6. The van der Waals surface area contributed by atoms with E-state index in [0.29, 0.717) is 27.3 Å². The molecule has 0 N–H and O–H groups in total. The van der Waals surface area contributed by atoms with Crippen LogP contribution in [0.4, 0.5) is 0 Å². The van der Waals surface area contributed by atoms with Gasteiger partial charge in [0.25, 0.3) is 5.91 Å². The molecule has 140 valence electrons. The molecule has 1 aromatic carbocycles. The first-order valence-electron chi connectivity index (χ1n) is 8.13. The Morgan fingerprint density at radius 2 is 2.08 bits per heavy atom. The molecule has 0 radical (unpaired) electrons. The van der Waals surface area contributed by atoms with Crippen molar-refractivity contribution in [3.63, 3.8) is 0 Å². The minimum absolute atomic E-state index is 0.188. The standard InChI is InChI=1S/C18H21NO5S2/c1-4-5-8-24-13-7-6-12(9-14(13)22-2)10-15-17(21)19(18(25)26-15)11-16(20)23-3/h6-7,9-10H,4-5,8,11H2,1-3H3/b15-10-. The number of nitrogens with zero attached hydrogens (tertiary/aromatic N) is 1. The lowest BCUT2D eigenvalue weighted by molar-refractivity contribution is -0.143. The SMILES string of the molecule is CCCCOc1ccc(/C=C2\SC(=S)N(CC(=O)OC)C2=O)cc1OC. The van der Waals surface area contributed by atoms with Crippen LogP contribution in [0.15, 0.2) is 23.1 Å². The fourth-order valence-electron chi connectivity index (χ4n) is 2.20. The molecule has 1 amide bonds. The van der Waals surface area contributed by atoms with Gasteiger partial charge in [-0.25, -0.2) is 0 Å². The van der Waals surface area contributed by atoms with E-state index in [1.165, 1.54) is 12.0 Å². The number of rotatable bonds is 8. The molecule has 1 aromatic rings. The average molecular weight is 396 g/mol. The van der Waals surface area contributed by atoms with Crippen molar-refractivity contribution in [2.24, 2.45) is 0 Å². The maximum absolute atomic E-state index is 12.5. The molecule has 1 aliphatic rings. The van der Waals surface area contributed by atoms with Crippen LogP contribution in [-0.2, 0) is 14.3 Å². The highest BCUT2D eigenvalue weighted by molar-refractivity contribution is 8.26. The third kappa shape index (κ3) is 4.98. The summed E-state index contributed by atoms with van der Waals surface area (Å²) in [6.07, 6.45) is 3.73. The highest BCUT2D eigenvalue weighted by Gasteiger charge is 2.33. The van der Waals surface area contributed by atoms with Crippen molar-refractivity contribution in [3.05, 3.63) is 28.7 Å². The molecule has 1 heterocycles. The van der Waals surface area contributed by atoms with Crippen LogP contribution in [0, 0.1) is 0 Å². The first-order chi connectivity index (χ1) is 12.5. The van der Waals surface area contributed by atoms with Crippen LogP contribution in [0.25, 0.3) is 6.08 Å². The number of amides is 1. The molecule has 1 aliphatic heterocycles. The van der Waals surface area contributed by atoms with E-state index in [9.17, 15) is 9.59 Å². The second kappa shape index (κ2) is 9.59. The molecule has 0 bridgehead atoms. The molecule has 6 nitrogen and oxygen atoms in total. The Kier molecular flexibility index (Phi) is 7.47. The van der Waals surface area contributed by atoms with Crippen molar-refractivity contribution in [2.75, 3.05) is 27.4 Å². The molecule has 0 unspecified atom stereocenters. The largest absolute Gasteiger partial charge is 0.493 e. The van der Waals surface area contributed by atoms with Crippen LogP contribution in [0.1, 0.15) is 25.3 Å². The number of benzene rings is 1. The molecule has 0 saturated carbocycles. The normalized spacial score (nSPS) is 15.5. The van der Waals surface area contributed by atoms with E-state index in [1.54, 1.807) is 19.3 Å². The summed E-state index contributed by atoms with van der Waals surface area (Å²) in [7, 11) is 2.84. The molecule has 8 heteroatoms. The summed E-state index contributed by atoms with van der Waals surface area (Å²) in [6.45, 7) is 2.53. The third-order valence-corrected chi connectivity index (χ3v) is 5.01. The van der Waals surface area contributed by atoms with Crippen molar-refractivity contribution in [1.82, 2.24) is 4.90 Å². The maximum Gasteiger partial charge on any atom is 0.325 e. The van der Waals surface area contributed by atoms with Crippen LogP contribution in [0.2, 0.25) is 0 Å². The van der Waals surface area contributed by atoms with E-state index in [-0.39, 0.29) is 12.5 Å². The van der Waals surface area contributed by atoms with Gasteiger partial charge in [0.15, 0.2) is 11.5 Å². The molecule has 1 fully saturated rings. The zero-order chi connectivity index (χ0) is 19.1. The smallest absolute Gasteiger partial charge is 0.325 e. The van der Waals surface area contributed by atoms with Crippen LogP contribution in [0.5, 0.6) is 11.5 Å². The van der Waals surface area contributed by atoms with Crippen molar-refractivity contribution in [3.8, 4) is 11.5 Å². The molecule has 0 aliphatic carbocycles. The number of methoxy groups -OCH3 is 2. The van der Waals surface area contributed by atoms with Gasteiger partial charge in [-0.15, -0.1) is 0 Å². The highest BCUT2D eigenvalue weighted by Crippen LogP contribution is 2.34. The van der Waals surface area contributed by atoms with Gasteiger partial charge in [0, 0.05) is 0 Å². The maximum atomic E-state index is 12.5. The average Bonchev–Trinajstić information content (AvgIpc) is 2.90. The number of carbonyl (C=O) groups excluding carboxylic acids is 2. The van der Waals surface area contributed by atoms with Crippen molar-refractivity contribution >= 4 is 46.3 Å². The fourth-order valence-corrected chi connectivity index (χ4v) is 3.46. The van der Waals surface area contributed by atoms with Gasteiger partial charge >= 0.3 is 5.97 Å². The fraction of sp³-hybridized carbons (Fsp3) is 0.389. The molecule has 2 rings (SSSR count). The summed E-state index contributed by atoms with van der Waals surface area (Å²) in [5, 5.41) is 0. The lowest BCUT2D eigenvalue weighted by atomic mass is 10.2. The number of hydrogen-bond donors (Lipinski definition) is 0. The molecule has 0 aromatic heterocycles. The highest BCUT2D eigenvalue weighted by atomic mass is 32.2. The quantitative estimate of drug-likeness (QED) is 0.290. The number of thiocarbonyl (C=S) groups is 1. The summed E-state index contributed by atoms with van der Waals surface area (Å²) in [5.41, 5.74) is 0.781. The van der Waals surface area contributed by atoms with E-state index in [2.05, 4.69) is 11.7 Å². The Hall–Kier alpha value is -2.06. The van der Waals surface area contributed by atoms with Crippen molar-refractivity contribution in [1.29, 1.82) is 0 Å². The van der Waals surface area contributed by atoms with Gasteiger partial charge < -0.3 is 14.2 Å². The second-order valence-corrected chi connectivity index (χ2v) is 7.13. The Balaban J connectivity index is 2.17.